The zero-order valence-electron chi connectivity index (χ0n) is 8.53. The zero-order chi connectivity index (χ0) is 10.6. The fourth-order valence-corrected chi connectivity index (χ4v) is 2.06. The first-order valence-electron chi connectivity index (χ1n) is 4.70. The molecule has 0 saturated heterocycles. The SMILES string of the molecule is CC(C)CC(N)c1csc(CC#N)n1. The van der Waals surface area contributed by atoms with E-state index in [9.17, 15) is 0 Å². The minimum absolute atomic E-state index is 0.0127. The Morgan fingerprint density at radius 3 is 2.93 bits per heavy atom. The Labute approximate surface area is 88.6 Å². The molecule has 14 heavy (non-hydrogen) atoms. The van der Waals surface area contributed by atoms with Crippen LogP contribution >= 0.6 is 11.3 Å². The first-order valence-corrected chi connectivity index (χ1v) is 5.58. The summed E-state index contributed by atoms with van der Waals surface area (Å²) in [5.41, 5.74) is 6.89. The van der Waals surface area contributed by atoms with E-state index in [2.05, 4.69) is 24.9 Å². The van der Waals surface area contributed by atoms with Gasteiger partial charge >= 0.3 is 0 Å². The maximum absolute atomic E-state index is 8.50. The highest BCUT2D eigenvalue weighted by Crippen LogP contribution is 2.20. The highest BCUT2D eigenvalue weighted by Gasteiger charge is 2.11. The van der Waals surface area contributed by atoms with E-state index in [1.165, 1.54) is 11.3 Å². The number of aromatic nitrogens is 1. The molecule has 0 saturated carbocycles. The highest BCUT2D eigenvalue weighted by molar-refractivity contribution is 7.09. The molecule has 2 N–H and O–H groups in total. The van der Waals surface area contributed by atoms with Crippen molar-refractivity contribution in [2.75, 3.05) is 0 Å². The van der Waals surface area contributed by atoms with Gasteiger partial charge in [0, 0.05) is 11.4 Å². The Kier molecular flexibility index (Phi) is 4.05. The van der Waals surface area contributed by atoms with Crippen LogP contribution in [0.5, 0.6) is 0 Å². The lowest BCUT2D eigenvalue weighted by Gasteiger charge is -2.10. The van der Waals surface area contributed by atoms with Crippen molar-refractivity contribution in [3.8, 4) is 6.07 Å². The number of hydrogen-bond donors (Lipinski definition) is 1. The smallest absolute Gasteiger partial charge is 0.107 e. The average Bonchev–Trinajstić information content (AvgIpc) is 2.52. The van der Waals surface area contributed by atoms with Crippen LogP contribution in [0.3, 0.4) is 0 Å². The summed E-state index contributed by atoms with van der Waals surface area (Å²) in [5, 5.41) is 11.3. The summed E-state index contributed by atoms with van der Waals surface area (Å²) in [6.07, 6.45) is 1.33. The van der Waals surface area contributed by atoms with Crippen LogP contribution in [0.2, 0.25) is 0 Å². The minimum atomic E-state index is 0.0127. The van der Waals surface area contributed by atoms with Gasteiger partial charge in [0.05, 0.1) is 18.2 Å². The van der Waals surface area contributed by atoms with Crippen molar-refractivity contribution in [3.63, 3.8) is 0 Å². The third kappa shape index (κ3) is 3.09. The molecular weight excluding hydrogens is 194 g/mol. The van der Waals surface area contributed by atoms with Gasteiger partial charge in [-0.15, -0.1) is 11.3 Å². The monoisotopic (exact) mass is 209 g/mol. The molecule has 1 heterocycles. The molecule has 0 radical (unpaired) electrons. The van der Waals surface area contributed by atoms with E-state index in [0.717, 1.165) is 17.1 Å². The number of nitrogens with zero attached hydrogens (tertiary/aromatic N) is 2. The topological polar surface area (TPSA) is 62.7 Å². The molecule has 0 aliphatic carbocycles. The van der Waals surface area contributed by atoms with E-state index in [1.807, 2.05) is 5.38 Å². The van der Waals surface area contributed by atoms with Gasteiger partial charge in [0.2, 0.25) is 0 Å². The van der Waals surface area contributed by atoms with Gasteiger partial charge < -0.3 is 5.73 Å². The van der Waals surface area contributed by atoms with Gasteiger partial charge in [-0.3, -0.25) is 0 Å². The Balaban J connectivity index is 2.62. The van der Waals surface area contributed by atoms with Crippen LogP contribution in [-0.4, -0.2) is 4.98 Å². The first kappa shape index (κ1) is 11.2. The molecule has 0 aliphatic heterocycles. The molecule has 76 valence electrons. The van der Waals surface area contributed by atoms with Crippen LogP contribution in [0.25, 0.3) is 0 Å². The molecule has 1 aromatic rings. The van der Waals surface area contributed by atoms with Crippen LogP contribution in [0.15, 0.2) is 5.38 Å². The number of rotatable bonds is 4. The molecule has 0 amide bonds. The maximum Gasteiger partial charge on any atom is 0.107 e. The van der Waals surface area contributed by atoms with Crippen LogP contribution < -0.4 is 5.73 Å². The summed E-state index contributed by atoms with van der Waals surface area (Å²) < 4.78 is 0. The Hall–Kier alpha value is -0.920. The fourth-order valence-electron chi connectivity index (χ4n) is 1.27. The van der Waals surface area contributed by atoms with Crippen molar-refractivity contribution < 1.29 is 0 Å². The predicted octanol–water partition coefficient (Wildman–Crippen LogP) is 2.26. The van der Waals surface area contributed by atoms with Crippen molar-refractivity contribution in [1.29, 1.82) is 5.26 Å². The third-order valence-corrected chi connectivity index (χ3v) is 2.77. The fraction of sp³-hybridized carbons (Fsp3) is 0.600. The summed E-state index contributed by atoms with van der Waals surface area (Å²) >= 11 is 1.52. The number of hydrogen-bond acceptors (Lipinski definition) is 4. The molecule has 0 aromatic carbocycles. The lowest BCUT2D eigenvalue weighted by Crippen LogP contribution is -2.13. The van der Waals surface area contributed by atoms with Crippen molar-refractivity contribution in [2.24, 2.45) is 11.7 Å². The zero-order valence-corrected chi connectivity index (χ0v) is 9.34. The number of nitriles is 1. The van der Waals surface area contributed by atoms with E-state index in [0.29, 0.717) is 12.3 Å². The van der Waals surface area contributed by atoms with Gasteiger partial charge in [-0.05, 0) is 12.3 Å². The van der Waals surface area contributed by atoms with Gasteiger partial charge in [-0.2, -0.15) is 5.26 Å². The van der Waals surface area contributed by atoms with E-state index >= 15 is 0 Å². The average molecular weight is 209 g/mol. The van der Waals surface area contributed by atoms with Crippen LogP contribution in [-0.2, 0) is 6.42 Å². The van der Waals surface area contributed by atoms with E-state index in [-0.39, 0.29) is 6.04 Å². The summed E-state index contributed by atoms with van der Waals surface area (Å²) in [5.74, 6) is 0.575. The van der Waals surface area contributed by atoms with Gasteiger partial charge in [0.25, 0.3) is 0 Å². The second-order valence-corrected chi connectivity index (χ2v) is 4.68. The van der Waals surface area contributed by atoms with Crippen LogP contribution in [0, 0.1) is 17.2 Å². The van der Waals surface area contributed by atoms with Gasteiger partial charge in [0.1, 0.15) is 5.01 Å². The van der Waals surface area contributed by atoms with Crippen molar-refractivity contribution >= 4 is 11.3 Å². The number of thiazole rings is 1. The van der Waals surface area contributed by atoms with Crippen molar-refractivity contribution in [2.45, 2.75) is 32.7 Å². The lowest BCUT2D eigenvalue weighted by atomic mass is 10.0. The van der Waals surface area contributed by atoms with Crippen LogP contribution in [0.4, 0.5) is 0 Å². The lowest BCUT2D eigenvalue weighted by molar-refractivity contribution is 0.503. The summed E-state index contributed by atoms with van der Waals surface area (Å²) in [6, 6.07) is 2.10. The second kappa shape index (κ2) is 5.08. The van der Waals surface area contributed by atoms with Gasteiger partial charge in [0.15, 0.2) is 0 Å². The molecule has 1 atom stereocenters. The molecule has 1 rings (SSSR count). The standard InChI is InChI=1S/C10H15N3S/c1-7(2)5-8(12)9-6-14-10(13-9)3-4-11/h6-8H,3,5,12H2,1-2H3. The molecule has 0 spiro atoms. The summed E-state index contributed by atoms with van der Waals surface area (Å²) in [4.78, 5) is 4.32. The molecule has 1 unspecified atom stereocenters. The molecule has 1 aromatic heterocycles. The van der Waals surface area contributed by atoms with E-state index in [4.69, 9.17) is 11.0 Å². The van der Waals surface area contributed by atoms with E-state index in [1.54, 1.807) is 0 Å². The Morgan fingerprint density at radius 2 is 2.36 bits per heavy atom. The minimum Gasteiger partial charge on any atom is -0.323 e. The van der Waals surface area contributed by atoms with Crippen molar-refractivity contribution in [1.82, 2.24) is 4.98 Å². The third-order valence-electron chi connectivity index (χ3n) is 1.91. The Bertz CT molecular complexity index is 324. The van der Waals surface area contributed by atoms with Crippen LogP contribution in [0.1, 0.15) is 37.0 Å². The maximum atomic E-state index is 8.50. The van der Waals surface area contributed by atoms with Gasteiger partial charge in [-0.25, -0.2) is 4.98 Å². The molecule has 0 bridgehead atoms. The largest absolute Gasteiger partial charge is 0.323 e. The normalized spacial score (nSPS) is 12.8. The Morgan fingerprint density at radius 1 is 1.64 bits per heavy atom. The molecular formula is C10H15N3S. The molecule has 4 heteroatoms. The predicted molar refractivity (Wildman–Crippen MR) is 57.8 cm³/mol. The number of nitrogens with two attached hydrogens (primary N) is 1. The van der Waals surface area contributed by atoms with Gasteiger partial charge in [-0.1, -0.05) is 13.8 Å². The quantitative estimate of drug-likeness (QED) is 0.827. The van der Waals surface area contributed by atoms with Crippen molar-refractivity contribution in [3.05, 3.63) is 16.1 Å². The highest BCUT2D eigenvalue weighted by atomic mass is 32.1. The second-order valence-electron chi connectivity index (χ2n) is 3.74. The summed E-state index contributed by atoms with van der Waals surface area (Å²) in [6.45, 7) is 4.28. The summed E-state index contributed by atoms with van der Waals surface area (Å²) in [7, 11) is 0. The molecule has 0 aliphatic rings. The molecule has 0 fully saturated rings. The van der Waals surface area contributed by atoms with E-state index < -0.39 is 0 Å². The molecule has 3 nitrogen and oxygen atoms in total. The first-order chi connectivity index (χ1) is 6.63.